The van der Waals surface area contributed by atoms with Crippen LogP contribution >= 0.6 is 50.8 Å². The van der Waals surface area contributed by atoms with Crippen molar-refractivity contribution < 1.29 is 9.59 Å². The number of thioether (sulfide) groups is 2. The van der Waals surface area contributed by atoms with Gasteiger partial charge in [0.25, 0.3) is 5.91 Å². The number of nitrogens with zero attached hydrogens (tertiary/aromatic N) is 2. The number of rotatable bonds is 9. The van der Waals surface area contributed by atoms with Gasteiger partial charge in [-0.05, 0) is 53.4 Å². The van der Waals surface area contributed by atoms with E-state index in [1.165, 1.54) is 23.1 Å². The van der Waals surface area contributed by atoms with E-state index in [4.69, 9.17) is 5.26 Å². The highest BCUT2D eigenvalue weighted by Crippen LogP contribution is 2.31. The molecule has 0 radical (unpaired) electrons. The lowest BCUT2D eigenvalue weighted by molar-refractivity contribution is -0.118. The summed E-state index contributed by atoms with van der Waals surface area (Å²) in [7, 11) is 0. The fourth-order valence-electron chi connectivity index (χ4n) is 2.25. The molecule has 2 amide bonds. The van der Waals surface area contributed by atoms with Crippen LogP contribution in [0.1, 0.15) is 22.5 Å². The monoisotopic (exact) mass is 498 g/mol. The Morgan fingerprint density at radius 3 is 2.82 bits per heavy atom. The summed E-state index contributed by atoms with van der Waals surface area (Å²) in [6.07, 6.45) is 2.46. The molecule has 0 saturated heterocycles. The van der Waals surface area contributed by atoms with E-state index >= 15 is 0 Å². The second-order valence-electron chi connectivity index (χ2n) is 5.62. The van der Waals surface area contributed by atoms with Crippen molar-refractivity contribution in [3.8, 4) is 6.07 Å². The maximum atomic E-state index is 12.8. The molecule has 1 heterocycles. The zero-order chi connectivity index (χ0) is 20.5. The topological polar surface area (TPSA) is 94.9 Å². The minimum atomic E-state index is -0.675. The summed E-state index contributed by atoms with van der Waals surface area (Å²) in [5, 5.41) is 14.8. The van der Waals surface area contributed by atoms with Crippen molar-refractivity contribution in [3.63, 3.8) is 0 Å². The van der Waals surface area contributed by atoms with Gasteiger partial charge in [0.1, 0.15) is 6.04 Å². The summed E-state index contributed by atoms with van der Waals surface area (Å²) >= 11 is 7.69. The molecule has 10 heteroatoms. The first kappa shape index (κ1) is 22.7. The van der Waals surface area contributed by atoms with Gasteiger partial charge in [-0.2, -0.15) is 17.0 Å². The van der Waals surface area contributed by atoms with Crippen LogP contribution in [0.2, 0.25) is 0 Å². The van der Waals surface area contributed by atoms with Crippen molar-refractivity contribution in [2.24, 2.45) is 0 Å². The Balaban J connectivity index is 2.09. The lowest BCUT2D eigenvalue weighted by Gasteiger charge is -2.18. The van der Waals surface area contributed by atoms with Gasteiger partial charge in [0.2, 0.25) is 5.91 Å². The molecule has 0 saturated carbocycles. The van der Waals surface area contributed by atoms with Gasteiger partial charge in [0, 0.05) is 4.47 Å². The average molecular weight is 499 g/mol. The summed E-state index contributed by atoms with van der Waals surface area (Å²) < 4.78 is 1.57. The Labute approximate surface area is 185 Å². The minimum Gasteiger partial charge on any atom is -0.340 e. The van der Waals surface area contributed by atoms with Crippen LogP contribution in [0.5, 0.6) is 0 Å². The number of amides is 2. The van der Waals surface area contributed by atoms with Gasteiger partial charge in [-0.3, -0.25) is 9.59 Å². The van der Waals surface area contributed by atoms with Crippen molar-refractivity contribution in [2.75, 3.05) is 23.1 Å². The predicted molar refractivity (Wildman–Crippen MR) is 120 cm³/mol. The Bertz CT molecular complexity index is 882. The number of nitrogens with one attached hydrogen (secondary N) is 2. The van der Waals surface area contributed by atoms with Gasteiger partial charge < -0.3 is 10.6 Å². The Kier molecular flexibility index (Phi) is 9.31. The summed E-state index contributed by atoms with van der Waals surface area (Å²) in [5.41, 5.74) is 1.25. The van der Waals surface area contributed by atoms with Crippen LogP contribution in [0, 0.1) is 18.3 Å². The molecule has 2 rings (SSSR count). The van der Waals surface area contributed by atoms with Crippen LogP contribution in [0.15, 0.2) is 32.9 Å². The first-order valence-corrected chi connectivity index (χ1v) is 12.3. The van der Waals surface area contributed by atoms with Crippen LogP contribution in [0.25, 0.3) is 0 Å². The maximum Gasteiger partial charge on any atom is 0.253 e. The molecule has 1 aromatic carbocycles. The van der Waals surface area contributed by atoms with Crippen LogP contribution in [-0.4, -0.2) is 40.6 Å². The molecule has 1 atom stereocenters. The van der Waals surface area contributed by atoms with E-state index in [0.29, 0.717) is 27.3 Å². The SMILES string of the molecule is CSCCC(NC(=O)c1ccccc1Br)C(=O)Nc1nc(C)c(SCC#N)s1. The number of carbonyl (C=O) groups is 2. The average Bonchev–Trinajstić information content (AvgIpc) is 3.02. The van der Waals surface area contributed by atoms with Crippen LogP contribution < -0.4 is 10.6 Å². The van der Waals surface area contributed by atoms with Gasteiger partial charge >= 0.3 is 0 Å². The van der Waals surface area contributed by atoms with Gasteiger partial charge in [-0.1, -0.05) is 35.2 Å². The third-order valence-corrected chi connectivity index (χ3v) is 7.24. The number of aryl methyl sites for hydroxylation is 1. The summed E-state index contributed by atoms with van der Waals surface area (Å²) in [4.78, 5) is 29.7. The lowest BCUT2D eigenvalue weighted by atomic mass is 10.1. The molecule has 1 unspecified atom stereocenters. The number of hydrogen-bond acceptors (Lipinski definition) is 7. The fraction of sp³-hybridized carbons (Fsp3) is 0.333. The number of aromatic nitrogens is 1. The lowest BCUT2D eigenvalue weighted by Crippen LogP contribution is -2.44. The van der Waals surface area contributed by atoms with Crippen molar-refractivity contribution in [1.29, 1.82) is 5.26 Å². The highest BCUT2D eigenvalue weighted by atomic mass is 79.9. The minimum absolute atomic E-state index is 0.306. The predicted octanol–water partition coefficient (Wildman–Crippen LogP) is 4.32. The maximum absolute atomic E-state index is 12.8. The van der Waals surface area contributed by atoms with E-state index < -0.39 is 6.04 Å². The third kappa shape index (κ3) is 6.51. The molecule has 148 valence electrons. The Hall–Kier alpha value is -1.54. The van der Waals surface area contributed by atoms with Crippen molar-refractivity contribution in [3.05, 3.63) is 40.0 Å². The first-order chi connectivity index (χ1) is 13.5. The standard InChI is InChI=1S/C18H19BrN4O2S3/c1-11-17(27-10-8-20)28-18(21-11)23-16(25)14(7-9-26-2)22-15(24)12-5-3-4-6-13(12)19/h3-6,14H,7,9-10H2,1-2H3,(H,22,24)(H,21,23,25). The van der Waals surface area contributed by atoms with E-state index in [1.54, 1.807) is 30.0 Å². The molecule has 0 aliphatic carbocycles. The molecule has 0 fully saturated rings. The highest BCUT2D eigenvalue weighted by Gasteiger charge is 2.23. The van der Waals surface area contributed by atoms with Crippen molar-refractivity contribution in [2.45, 2.75) is 23.6 Å². The Morgan fingerprint density at radius 2 is 2.14 bits per heavy atom. The molecule has 28 heavy (non-hydrogen) atoms. The smallest absolute Gasteiger partial charge is 0.253 e. The van der Waals surface area contributed by atoms with Crippen molar-refractivity contribution >= 4 is 67.7 Å². The van der Waals surface area contributed by atoms with Crippen LogP contribution in [-0.2, 0) is 4.79 Å². The van der Waals surface area contributed by atoms with Gasteiger partial charge in [0.15, 0.2) is 5.13 Å². The highest BCUT2D eigenvalue weighted by molar-refractivity contribution is 9.10. The molecule has 0 aliphatic rings. The quantitative estimate of drug-likeness (QED) is 0.499. The van der Waals surface area contributed by atoms with E-state index in [1.807, 2.05) is 19.2 Å². The summed E-state index contributed by atoms with van der Waals surface area (Å²) in [6, 6.07) is 8.48. The number of nitriles is 1. The molecular weight excluding hydrogens is 480 g/mol. The zero-order valence-electron chi connectivity index (χ0n) is 15.3. The fourth-order valence-corrected chi connectivity index (χ4v) is 4.98. The van der Waals surface area contributed by atoms with Crippen LogP contribution in [0.4, 0.5) is 5.13 Å². The third-order valence-electron chi connectivity index (χ3n) is 3.60. The number of carbonyl (C=O) groups excluding carboxylic acids is 2. The molecular formula is C18H19BrN4O2S3. The second kappa shape index (κ2) is 11.5. The molecule has 0 spiro atoms. The zero-order valence-corrected chi connectivity index (χ0v) is 19.4. The van der Waals surface area contributed by atoms with Gasteiger partial charge in [-0.25, -0.2) is 4.98 Å². The number of hydrogen-bond donors (Lipinski definition) is 2. The summed E-state index contributed by atoms with van der Waals surface area (Å²) in [6.45, 7) is 1.84. The molecule has 1 aromatic heterocycles. The van der Waals surface area contributed by atoms with Gasteiger partial charge in [0.05, 0.1) is 27.3 Å². The van der Waals surface area contributed by atoms with E-state index in [2.05, 4.69) is 37.6 Å². The Morgan fingerprint density at radius 1 is 1.39 bits per heavy atom. The van der Waals surface area contributed by atoms with E-state index in [-0.39, 0.29) is 11.8 Å². The van der Waals surface area contributed by atoms with E-state index in [0.717, 1.165) is 15.7 Å². The van der Waals surface area contributed by atoms with Crippen molar-refractivity contribution in [1.82, 2.24) is 10.3 Å². The molecule has 0 bridgehead atoms. The summed E-state index contributed by atoms with van der Waals surface area (Å²) in [5.74, 6) is 0.442. The molecule has 2 aromatic rings. The molecule has 6 nitrogen and oxygen atoms in total. The van der Waals surface area contributed by atoms with Gasteiger partial charge in [-0.15, -0.1) is 0 Å². The number of halogens is 1. The normalized spacial score (nSPS) is 11.5. The van der Waals surface area contributed by atoms with Crippen LogP contribution in [0.3, 0.4) is 0 Å². The first-order valence-electron chi connectivity index (χ1n) is 8.28. The van der Waals surface area contributed by atoms with E-state index in [9.17, 15) is 9.59 Å². The second-order valence-corrected chi connectivity index (χ2v) is 9.70. The number of benzene rings is 1. The largest absolute Gasteiger partial charge is 0.340 e. The number of thiazole rings is 1. The molecule has 2 N–H and O–H groups in total. The number of anilines is 1. The molecule has 0 aliphatic heterocycles.